The highest BCUT2D eigenvalue weighted by Crippen LogP contribution is 2.39. The first-order valence-corrected chi connectivity index (χ1v) is 9.77. The highest BCUT2D eigenvalue weighted by Gasteiger charge is 2.34. The predicted octanol–water partition coefficient (Wildman–Crippen LogP) is 1.46. The summed E-state index contributed by atoms with van der Waals surface area (Å²) in [7, 11) is 4.47. The Labute approximate surface area is 148 Å². The number of quaternary nitrogens is 2. The zero-order valence-corrected chi connectivity index (χ0v) is 16.2. The van der Waals surface area contributed by atoms with Gasteiger partial charge in [0.2, 0.25) is 0 Å². The van der Waals surface area contributed by atoms with Crippen LogP contribution in [0, 0.1) is 5.92 Å². The minimum absolute atomic E-state index is 0.0359. The van der Waals surface area contributed by atoms with Crippen LogP contribution in [0.3, 0.4) is 0 Å². The molecule has 0 spiro atoms. The quantitative estimate of drug-likeness (QED) is 0.658. The first-order valence-electron chi connectivity index (χ1n) is 9.77. The van der Waals surface area contributed by atoms with Crippen molar-refractivity contribution in [2.45, 2.75) is 51.0 Å². The second-order valence-electron chi connectivity index (χ2n) is 8.34. The van der Waals surface area contributed by atoms with Crippen LogP contribution in [0.25, 0.3) is 0 Å². The molecule has 1 saturated heterocycles. The van der Waals surface area contributed by atoms with Gasteiger partial charge in [-0.05, 0) is 44.1 Å². The molecule has 2 atom stereocenters. The van der Waals surface area contributed by atoms with E-state index in [9.17, 15) is 0 Å². The summed E-state index contributed by atoms with van der Waals surface area (Å²) in [6, 6.07) is 11.2. The Morgan fingerprint density at radius 2 is 1.96 bits per heavy atom. The lowest BCUT2D eigenvalue weighted by Crippen LogP contribution is -3.06. The lowest BCUT2D eigenvalue weighted by molar-refractivity contribution is -0.860. The molecule has 1 aliphatic heterocycles. The SMILES string of the molecule is C[NH+](C)CCC[NH2+]CC[C@@H](c1ccccc1)[C@H]1CCOC(C)(C)C1. The monoisotopic (exact) mass is 334 g/mol. The molecule has 0 unspecified atom stereocenters. The van der Waals surface area contributed by atoms with Crippen LogP contribution in [0.2, 0.25) is 0 Å². The lowest BCUT2D eigenvalue weighted by Gasteiger charge is -2.39. The van der Waals surface area contributed by atoms with Gasteiger partial charge in [-0.2, -0.15) is 0 Å². The van der Waals surface area contributed by atoms with Gasteiger partial charge in [0.05, 0.1) is 39.3 Å². The molecule has 3 N–H and O–H groups in total. The van der Waals surface area contributed by atoms with Crippen molar-refractivity contribution in [3.05, 3.63) is 35.9 Å². The van der Waals surface area contributed by atoms with E-state index in [0.717, 1.165) is 12.5 Å². The second kappa shape index (κ2) is 9.55. The Hall–Kier alpha value is -0.900. The Bertz CT molecular complexity index is 458. The summed E-state index contributed by atoms with van der Waals surface area (Å²) in [6.07, 6.45) is 4.96. The summed E-state index contributed by atoms with van der Waals surface area (Å²) in [4.78, 5) is 1.55. The summed E-state index contributed by atoms with van der Waals surface area (Å²) in [6.45, 7) is 9.17. The first kappa shape index (κ1) is 19.4. The van der Waals surface area contributed by atoms with Gasteiger partial charge in [-0.25, -0.2) is 0 Å². The van der Waals surface area contributed by atoms with Crippen molar-refractivity contribution in [2.24, 2.45) is 5.92 Å². The van der Waals surface area contributed by atoms with Crippen molar-refractivity contribution in [3.63, 3.8) is 0 Å². The highest BCUT2D eigenvalue weighted by atomic mass is 16.5. The van der Waals surface area contributed by atoms with E-state index in [1.165, 1.54) is 50.9 Å². The number of nitrogens with two attached hydrogens (primary N) is 1. The summed E-state index contributed by atoms with van der Waals surface area (Å²) in [5, 5.41) is 2.52. The van der Waals surface area contributed by atoms with Crippen molar-refractivity contribution in [1.29, 1.82) is 0 Å². The fourth-order valence-electron chi connectivity index (χ4n) is 4.04. The van der Waals surface area contributed by atoms with E-state index in [1.807, 2.05) is 0 Å². The summed E-state index contributed by atoms with van der Waals surface area (Å²) in [5.41, 5.74) is 1.56. The van der Waals surface area contributed by atoms with Gasteiger partial charge in [0.15, 0.2) is 0 Å². The fraction of sp³-hybridized carbons (Fsp3) is 0.714. The number of hydrogen-bond donors (Lipinski definition) is 2. The van der Waals surface area contributed by atoms with Gasteiger partial charge < -0.3 is 15.0 Å². The zero-order valence-electron chi connectivity index (χ0n) is 16.2. The van der Waals surface area contributed by atoms with Crippen molar-refractivity contribution >= 4 is 0 Å². The van der Waals surface area contributed by atoms with Crippen LogP contribution in [0.1, 0.15) is 51.0 Å². The zero-order chi connectivity index (χ0) is 17.4. The summed E-state index contributed by atoms with van der Waals surface area (Å²) < 4.78 is 5.95. The number of benzene rings is 1. The highest BCUT2D eigenvalue weighted by molar-refractivity contribution is 5.20. The summed E-state index contributed by atoms with van der Waals surface area (Å²) >= 11 is 0. The van der Waals surface area contributed by atoms with Crippen LogP contribution in [0.15, 0.2) is 30.3 Å². The Morgan fingerprint density at radius 3 is 2.62 bits per heavy atom. The van der Waals surface area contributed by atoms with Gasteiger partial charge >= 0.3 is 0 Å². The molecule has 1 fully saturated rings. The molecule has 1 aliphatic rings. The van der Waals surface area contributed by atoms with Crippen LogP contribution in [0.4, 0.5) is 0 Å². The van der Waals surface area contributed by atoms with Crippen LogP contribution >= 0.6 is 0 Å². The molecule has 24 heavy (non-hydrogen) atoms. The number of rotatable bonds is 9. The van der Waals surface area contributed by atoms with Gasteiger partial charge in [-0.1, -0.05) is 30.3 Å². The van der Waals surface area contributed by atoms with Gasteiger partial charge in [0.25, 0.3) is 0 Å². The van der Waals surface area contributed by atoms with Crippen molar-refractivity contribution in [1.82, 2.24) is 0 Å². The van der Waals surface area contributed by atoms with Crippen LogP contribution in [-0.2, 0) is 4.74 Å². The molecule has 3 nitrogen and oxygen atoms in total. The first-order chi connectivity index (χ1) is 11.5. The molecule has 0 bridgehead atoms. The normalized spacial score (nSPS) is 21.8. The van der Waals surface area contributed by atoms with E-state index >= 15 is 0 Å². The average Bonchev–Trinajstić information content (AvgIpc) is 2.53. The van der Waals surface area contributed by atoms with Crippen molar-refractivity contribution < 1.29 is 15.0 Å². The molecule has 0 amide bonds. The lowest BCUT2D eigenvalue weighted by atomic mass is 9.75. The van der Waals surface area contributed by atoms with Crippen molar-refractivity contribution in [3.8, 4) is 0 Å². The van der Waals surface area contributed by atoms with E-state index in [0.29, 0.717) is 5.92 Å². The Balaban J connectivity index is 1.89. The van der Waals surface area contributed by atoms with E-state index < -0.39 is 0 Å². The fourth-order valence-corrected chi connectivity index (χ4v) is 4.04. The maximum atomic E-state index is 5.95. The number of nitrogens with one attached hydrogen (secondary N) is 1. The molecule has 3 heteroatoms. The molecule has 2 rings (SSSR count). The molecule has 1 aromatic carbocycles. The number of hydrogen-bond acceptors (Lipinski definition) is 1. The van der Waals surface area contributed by atoms with Gasteiger partial charge in [0, 0.05) is 19.4 Å². The third kappa shape index (κ3) is 6.54. The van der Waals surface area contributed by atoms with Gasteiger partial charge in [0.1, 0.15) is 0 Å². The average molecular weight is 335 g/mol. The summed E-state index contributed by atoms with van der Waals surface area (Å²) in [5.74, 6) is 1.42. The molecule has 0 aromatic heterocycles. The minimum atomic E-state index is 0.0359. The van der Waals surface area contributed by atoms with Crippen LogP contribution in [-0.4, -0.2) is 45.9 Å². The molecular formula is C21H38N2O+2. The molecule has 136 valence electrons. The van der Waals surface area contributed by atoms with E-state index in [1.54, 1.807) is 4.90 Å². The van der Waals surface area contributed by atoms with Crippen LogP contribution in [0.5, 0.6) is 0 Å². The van der Waals surface area contributed by atoms with E-state index in [4.69, 9.17) is 4.74 Å². The van der Waals surface area contributed by atoms with Gasteiger partial charge in [-0.15, -0.1) is 0 Å². The maximum Gasteiger partial charge on any atom is 0.0821 e. The topological polar surface area (TPSA) is 30.3 Å². The van der Waals surface area contributed by atoms with Crippen molar-refractivity contribution in [2.75, 3.05) is 40.3 Å². The standard InChI is InChI=1S/C21H36N2O/c1-21(2)17-19(12-16-24-21)20(18-9-6-5-7-10-18)11-14-22-13-8-15-23(3)4/h5-7,9-10,19-20,22H,8,11-17H2,1-4H3/p+2/t19-,20-/m0/s1. The molecule has 0 radical (unpaired) electrons. The molecule has 1 heterocycles. The van der Waals surface area contributed by atoms with Crippen LogP contribution < -0.4 is 10.2 Å². The largest absolute Gasteiger partial charge is 0.376 e. The third-order valence-corrected chi connectivity index (χ3v) is 5.30. The molecule has 0 saturated carbocycles. The Morgan fingerprint density at radius 1 is 1.21 bits per heavy atom. The molecular weight excluding hydrogens is 296 g/mol. The van der Waals surface area contributed by atoms with E-state index in [2.05, 4.69) is 63.6 Å². The smallest absolute Gasteiger partial charge is 0.0821 e. The second-order valence-corrected chi connectivity index (χ2v) is 8.34. The van der Waals surface area contributed by atoms with E-state index in [-0.39, 0.29) is 5.60 Å². The van der Waals surface area contributed by atoms with Gasteiger partial charge in [-0.3, -0.25) is 0 Å². The Kier molecular flexibility index (Phi) is 7.73. The third-order valence-electron chi connectivity index (χ3n) is 5.30. The molecule has 1 aromatic rings. The molecule has 0 aliphatic carbocycles. The maximum absolute atomic E-state index is 5.95. The predicted molar refractivity (Wildman–Crippen MR) is 101 cm³/mol. The minimum Gasteiger partial charge on any atom is -0.376 e. The number of ether oxygens (including phenoxy) is 1.